The smallest absolute Gasteiger partial charge is 0.303 e. The van der Waals surface area contributed by atoms with Crippen molar-refractivity contribution in [3.05, 3.63) is 0 Å². The van der Waals surface area contributed by atoms with Gasteiger partial charge < -0.3 is 44.5 Å². The van der Waals surface area contributed by atoms with E-state index in [1.807, 2.05) is 13.8 Å². The maximum absolute atomic E-state index is 12.2. The fraction of sp³-hybridized carbons (Fsp3) is 0.973. The number of ether oxygens (including phenoxy) is 4. The molecule has 0 bridgehead atoms. The summed E-state index contributed by atoms with van der Waals surface area (Å²) < 4.78 is 24.4. The van der Waals surface area contributed by atoms with E-state index in [0.717, 1.165) is 44.9 Å². The molecule has 2 saturated heterocycles. The molecule has 0 radical (unpaired) electrons. The Kier molecular flexibility index (Phi) is 7.80. The summed E-state index contributed by atoms with van der Waals surface area (Å²) in [6.45, 7) is 16.0. The molecule has 2 aliphatic heterocycles. The zero-order valence-corrected chi connectivity index (χ0v) is 29.7. The van der Waals surface area contributed by atoms with Crippen LogP contribution in [-0.2, 0) is 23.7 Å². The lowest BCUT2D eigenvalue weighted by molar-refractivity contribution is -0.309. The van der Waals surface area contributed by atoms with Crippen LogP contribution in [0.3, 0.4) is 0 Å². The average Bonchev–Trinajstić information content (AvgIpc) is 3.30. The molecule has 47 heavy (non-hydrogen) atoms. The molecule has 0 aromatic carbocycles. The summed E-state index contributed by atoms with van der Waals surface area (Å²) in [6, 6.07) is 0. The zero-order chi connectivity index (χ0) is 34.3. The Morgan fingerprint density at radius 1 is 0.851 bits per heavy atom. The third-order valence-corrected chi connectivity index (χ3v) is 15.8. The van der Waals surface area contributed by atoms with Crippen LogP contribution in [0.4, 0.5) is 0 Å². The molecule has 0 aromatic heterocycles. The van der Waals surface area contributed by atoms with E-state index in [1.165, 1.54) is 6.92 Å². The SMILES string of the molecule is CC(=O)O[C@H]1[C@H](O[C@H]2CC[C@]34C[C@]35CC[C@]3(C)[C@@H]([C@@]6(C)CC[C@@H](C(C)(C)O)O6)[C@@H](O)C[C@@]3(C)[C@H]5C[C@H](O)[C@@H]4C2(C)C)OC[C@@H](O)[C@@H]1O. The van der Waals surface area contributed by atoms with E-state index in [1.54, 1.807) is 0 Å². The Morgan fingerprint density at radius 3 is 2.19 bits per heavy atom. The lowest BCUT2D eigenvalue weighted by Gasteiger charge is -2.64. The fourth-order valence-corrected chi connectivity index (χ4v) is 13.7. The summed E-state index contributed by atoms with van der Waals surface area (Å²) in [6.07, 6.45) is 1.48. The number of fused-ring (bicyclic) bond motifs is 2. The monoisotopic (exact) mass is 664 g/mol. The summed E-state index contributed by atoms with van der Waals surface area (Å²) in [7, 11) is 0. The van der Waals surface area contributed by atoms with E-state index in [9.17, 15) is 30.3 Å². The van der Waals surface area contributed by atoms with Gasteiger partial charge in [0, 0.05) is 12.8 Å². The molecule has 5 saturated carbocycles. The van der Waals surface area contributed by atoms with Gasteiger partial charge >= 0.3 is 5.97 Å². The first-order chi connectivity index (χ1) is 21.7. The van der Waals surface area contributed by atoms with E-state index in [4.69, 9.17) is 18.9 Å². The summed E-state index contributed by atoms with van der Waals surface area (Å²) in [5.74, 6) is -0.368. The molecule has 7 rings (SSSR count). The van der Waals surface area contributed by atoms with Gasteiger partial charge in [0.2, 0.25) is 0 Å². The lowest BCUT2D eigenvalue weighted by atomic mass is 9.41. The minimum atomic E-state index is -1.32. The van der Waals surface area contributed by atoms with Gasteiger partial charge in [0.1, 0.15) is 12.2 Å². The first-order valence-electron chi connectivity index (χ1n) is 18.2. The van der Waals surface area contributed by atoms with E-state index >= 15 is 0 Å². The summed E-state index contributed by atoms with van der Waals surface area (Å²) in [5, 5.41) is 55.8. The molecular weight excluding hydrogens is 604 g/mol. The van der Waals surface area contributed by atoms with E-state index in [0.29, 0.717) is 12.8 Å². The highest BCUT2D eigenvalue weighted by Crippen LogP contribution is 2.89. The predicted octanol–water partition coefficient (Wildman–Crippen LogP) is 3.47. The van der Waals surface area contributed by atoms with Gasteiger partial charge in [-0.2, -0.15) is 0 Å². The summed E-state index contributed by atoms with van der Waals surface area (Å²) in [4.78, 5) is 11.9. The molecule has 7 fully saturated rings. The molecule has 0 amide bonds. The number of carbonyl (C=O) groups excluding carboxylic acids is 1. The second-order valence-electron chi connectivity index (χ2n) is 18.8. The van der Waals surface area contributed by atoms with E-state index in [-0.39, 0.29) is 58.2 Å². The van der Waals surface area contributed by atoms with Gasteiger partial charge in [-0.15, -0.1) is 0 Å². The predicted molar refractivity (Wildman–Crippen MR) is 171 cm³/mol. The van der Waals surface area contributed by atoms with Crippen LogP contribution < -0.4 is 0 Å². The molecule has 7 aliphatic rings. The molecule has 0 unspecified atom stereocenters. The Balaban J connectivity index is 1.15. The molecule has 2 spiro atoms. The molecule has 2 heterocycles. The second-order valence-corrected chi connectivity index (χ2v) is 18.8. The van der Waals surface area contributed by atoms with Crippen LogP contribution in [0.15, 0.2) is 0 Å². The first-order valence-corrected chi connectivity index (χ1v) is 18.2. The van der Waals surface area contributed by atoms with Gasteiger partial charge in [-0.1, -0.05) is 27.7 Å². The van der Waals surface area contributed by atoms with Crippen molar-refractivity contribution in [3.8, 4) is 0 Å². The number of esters is 1. The molecule has 0 aromatic rings. The number of aliphatic hydroxyl groups is 5. The fourth-order valence-electron chi connectivity index (χ4n) is 13.7. The molecule has 5 N–H and O–H groups in total. The van der Waals surface area contributed by atoms with Crippen molar-refractivity contribution in [2.45, 2.75) is 173 Å². The van der Waals surface area contributed by atoms with E-state index in [2.05, 4.69) is 34.6 Å². The number of hydrogen-bond acceptors (Lipinski definition) is 10. The summed E-state index contributed by atoms with van der Waals surface area (Å²) >= 11 is 0. The van der Waals surface area contributed by atoms with Crippen molar-refractivity contribution in [2.24, 2.45) is 44.8 Å². The number of hydrogen-bond donors (Lipinski definition) is 5. The van der Waals surface area contributed by atoms with Crippen molar-refractivity contribution in [3.63, 3.8) is 0 Å². The summed E-state index contributed by atoms with van der Waals surface area (Å²) in [5.41, 5.74) is -2.18. The van der Waals surface area contributed by atoms with Gasteiger partial charge in [-0.3, -0.25) is 4.79 Å². The van der Waals surface area contributed by atoms with Crippen LogP contribution in [0.5, 0.6) is 0 Å². The Morgan fingerprint density at radius 2 is 1.55 bits per heavy atom. The lowest BCUT2D eigenvalue weighted by Crippen LogP contribution is -2.63. The topological polar surface area (TPSA) is 155 Å². The van der Waals surface area contributed by atoms with Crippen molar-refractivity contribution in [2.75, 3.05) is 6.61 Å². The number of aliphatic hydroxyl groups excluding tert-OH is 4. The molecule has 268 valence electrons. The van der Waals surface area contributed by atoms with Crippen LogP contribution >= 0.6 is 0 Å². The highest BCUT2D eigenvalue weighted by Gasteiger charge is 2.85. The van der Waals surface area contributed by atoms with Gasteiger partial charge in [0.05, 0.1) is 42.2 Å². The zero-order valence-electron chi connectivity index (χ0n) is 29.7. The molecule has 10 heteroatoms. The number of carbonyl (C=O) groups is 1. The third kappa shape index (κ3) is 4.60. The highest BCUT2D eigenvalue weighted by molar-refractivity contribution is 5.66. The van der Waals surface area contributed by atoms with Crippen LogP contribution in [0.25, 0.3) is 0 Å². The Hall–Kier alpha value is -0.850. The van der Waals surface area contributed by atoms with Crippen molar-refractivity contribution >= 4 is 5.97 Å². The van der Waals surface area contributed by atoms with Gasteiger partial charge in [0.15, 0.2) is 12.4 Å². The Labute approximate surface area is 279 Å². The van der Waals surface area contributed by atoms with E-state index < -0.39 is 59.4 Å². The van der Waals surface area contributed by atoms with Crippen LogP contribution in [0.2, 0.25) is 0 Å². The second kappa shape index (κ2) is 10.6. The minimum absolute atomic E-state index is 0.00501. The highest BCUT2D eigenvalue weighted by atomic mass is 16.7. The van der Waals surface area contributed by atoms with Crippen molar-refractivity contribution in [1.82, 2.24) is 0 Å². The maximum atomic E-state index is 12.2. The number of rotatable bonds is 5. The molecule has 16 atom stereocenters. The molecule has 5 aliphatic carbocycles. The van der Waals surface area contributed by atoms with Gasteiger partial charge in [0.25, 0.3) is 0 Å². The van der Waals surface area contributed by atoms with Crippen LogP contribution in [0, 0.1) is 44.8 Å². The normalized spacial score (nSPS) is 56.6. The Bertz CT molecular complexity index is 1270. The van der Waals surface area contributed by atoms with Gasteiger partial charge in [-0.25, -0.2) is 0 Å². The van der Waals surface area contributed by atoms with Crippen LogP contribution in [-0.4, -0.2) is 98.3 Å². The first kappa shape index (κ1) is 34.6. The third-order valence-electron chi connectivity index (χ3n) is 15.8. The van der Waals surface area contributed by atoms with Crippen molar-refractivity contribution < 1.29 is 49.3 Å². The molecule has 10 nitrogen and oxygen atoms in total. The van der Waals surface area contributed by atoms with Crippen LogP contribution in [0.1, 0.15) is 113 Å². The largest absolute Gasteiger partial charge is 0.454 e. The minimum Gasteiger partial charge on any atom is -0.454 e. The maximum Gasteiger partial charge on any atom is 0.303 e. The quantitative estimate of drug-likeness (QED) is 0.218. The van der Waals surface area contributed by atoms with Crippen molar-refractivity contribution in [1.29, 1.82) is 0 Å². The average molecular weight is 665 g/mol. The molecular formula is C37H60O10. The standard InChI is InChI=1S/C37H60O10/c1-19(38)45-27-26(42)22(41)17-44-30(27)46-24-10-12-37-18-36(37)14-13-33(6)29(35(8)11-9-25(47-35)32(4,5)43)21(40)16-34(33,7)23(36)15-20(39)28(37)31(24,2)3/h20-30,39-43H,9-18H2,1-8H3/t20-,21-,22+,23+,24-,25-,26-,27+,28+,29-,30-,33+,34-,35+,36-,37+/m0/s1. The van der Waals surface area contributed by atoms with Gasteiger partial charge in [-0.05, 0) is 117 Å².